The summed E-state index contributed by atoms with van der Waals surface area (Å²) in [5.41, 5.74) is 9.35. The average molecular weight is 536 g/mol. The van der Waals surface area contributed by atoms with Gasteiger partial charge in [-0.05, 0) is 71.3 Å². The Morgan fingerprint density at radius 3 is 2.36 bits per heavy atom. The largest absolute Gasteiger partial charge is 0.497 e. The fourth-order valence-electron chi connectivity index (χ4n) is 4.55. The number of esters is 1. The van der Waals surface area contributed by atoms with E-state index >= 15 is 0 Å². The molecule has 0 aliphatic rings. The predicted octanol–water partition coefficient (Wildman–Crippen LogP) is 6.58. The minimum atomic E-state index is -0.482. The predicted molar refractivity (Wildman–Crippen MR) is 150 cm³/mol. The van der Waals surface area contributed by atoms with Crippen LogP contribution in [-0.2, 0) is 27.4 Å². The summed E-state index contributed by atoms with van der Waals surface area (Å²) < 4.78 is 31.4. The van der Waals surface area contributed by atoms with Crippen LogP contribution in [0.3, 0.4) is 0 Å². The maximum atomic E-state index is 14.8. The van der Waals surface area contributed by atoms with Crippen molar-refractivity contribution in [3.05, 3.63) is 83.2 Å². The molecule has 3 aromatic carbocycles. The quantitative estimate of drug-likeness (QED) is 0.265. The van der Waals surface area contributed by atoms with Crippen molar-refractivity contribution in [2.24, 2.45) is 11.1 Å². The lowest BCUT2D eigenvalue weighted by molar-refractivity contribution is -0.143. The molecule has 7 heteroatoms. The summed E-state index contributed by atoms with van der Waals surface area (Å²) in [6.45, 7) is 8.70. The molecule has 1 atom stereocenters. The van der Waals surface area contributed by atoms with Gasteiger partial charge in [-0.2, -0.15) is 0 Å². The standard InChI is InChI=1S/C32H38FNO5/c1-6-38-31(36)17-23(16-30(34)35)22-9-7-8-21(14-22)20-39-26-10-12-27(24(15-26)19-32(2,3)4)28-18-25(37-5)11-13-29(28)33/h7-15,18,23H,6,16-17,19-20H2,1-5H3,(H2,34,35). The van der Waals surface area contributed by atoms with E-state index in [0.29, 0.717) is 23.5 Å². The molecule has 2 N–H and O–H groups in total. The van der Waals surface area contributed by atoms with Crippen LogP contribution in [0.15, 0.2) is 60.7 Å². The molecule has 0 aliphatic heterocycles. The van der Waals surface area contributed by atoms with E-state index in [9.17, 15) is 14.0 Å². The lowest BCUT2D eigenvalue weighted by atomic mass is 9.84. The summed E-state index contributed by atoms with van der Waals surface area (Å²) in [5.74, 6) is -0.297. The molecule has 3 aromatic rings. The molecule has 1 unspecified atom stereocenters. The highest BCUT2D eigenvalue weighted by Gasteiger charge is 2.21. The fraction of sp³-hybridized carbons (Fsp3) is 0.375. The van der Waals surface area contributed by atoms with Gasteiger partial charge in [-0.3, -0.25) is 9.59 Å². The van der Waals surface area contributed by atoms with E-state index < -0.39 is 5.91 Å². The third kappa shape index (κ3) is 8.84. The Kier molecular flexibility index (Phi) is 10.1. The number of nitrogens with two attached hydrogens (primary N) is 1. The first-order chi connectivity index (χ1) is 18.5. The first-order valence-corrected chi connectivity index (χ1v) is 13.1. The van der Waals surface area contributed by atoms with Crippen LogP contribution in [0.5, 0.6) is 11.5 Å². The summed E-state index contributed by atoms with van der Waals surface area (Å²) >= 11 is 0. The summed E-state index contributed by atoms with van der Waals surface area (Å²) in [4.78, 5) is 23.7. The van der Waals surface area contributed by atoms with Crippen molar-refractivity contribution in [1.82, 2.24) is 0 Å². The van der Waals surface area contributed by atoms with Crippen LogP contribution >= 0.6 is 0 Å². The lowest BCUT2D eigenvalue weighted by Crippen LogP contribution is -2.19. The zero-order chi connectivity index (χ0) is 28.6. The molecule has 0 aliphatic carbocycles. The van der Waals surface area contributed by atoms with Gasteiger partial charge >= 0.3 is 5.97 Å². The number of ether oxygens (including phenoxy) is 3. The number of methoxy groups -OCH3 is 1. The number of hydrogen-bond donors (Lipinski definition) is 1. The Balaban J connectivity index is 1.85. The Bertz CT molecular complexity index is 1300. The van der Waals surface area contributed by atoms with E-state index in [1.165, 1.54) is 6.07 Å². The van der Waals surface area contributed by atoms with Crippen molar-refractivity contribution in [3.63, 3.8) is 0 Å². The number of carbonyl (C=O) groups is 2. The van der Waals surface area contributed by atoms with Crippen LogP contribution in [-0.4, -0.2) is 25.6 Å². The molecule has 0 bridgehead atoms. The van der Waals surface area contributed by atoms with Gasteiger partial charge < -0.3 is 19.9 Å². The molecule has 0 saturated carbocycles. The van der Waals surface area contributed by atoms with Crippen molar-refractivity contribution in [3.8, 4) is 22.6 Å². The van der Waals surface area contributed by atoms with Gasteiger partial charge in [0.2, 0.25) is 5.91 Å². The molecular formula is C32H38FNO5. The Labute approximate surface area is 230 Å². The van der Waals surface area contributed by atoms with Gasteiger partial charge in [-0.25, -0.2) is 4.39 Å². The lowest BCUT2D eigenvalue weighted by Gasteiger charge is -2.22. The molecule has 0 radical (unpaired) electrons. The van der Waals surface area contributed by atoms with Crippen LogP contribution in [0.2, 0.25) is 0 Å². The topological polar surface area (TPSA) is 87.9 Å². The van der Waals surface area contributed by atoms with Crippen molar-refractivity contribution >= 4 is 11.9 Å². The number of amides is 1. The molecule has 0 aromatic heterocycles. The number of benzene rings is 3. The van der Waals surface area contributed by atoms with Gasteiger partial charge in [0.25, 0.3) is 0 Å². The molecule has 0 spiro atoms. The van der Waals surface area contributed by atoms with Crippen molar-refractivity contribution < 1.29 is 28.2 Å². The summed E-state index contributed by atoms with van der Waals surface area (Å²) in [5, 5.41) is 0. The second-order valence-corrected chi connectivity index (χ2v) is 10.8. The van der Waals surface area contributed by atoms with Crippen molar-refractivity contribution in [2.75, 3.05) is 13.7 Å². The van der Waals surface area contributed by atoms with E-state index in [1.54, 1.807) is 26.2 Å². The molecule has 208 valence electrons. The minimum absolute atomic E-state index is 0.0363. The molecule has 3 rings (SSSR count). The molecule has 39 heavy (non-hydrogen) atoms. The number of hydrogen-bond acceptors (Lipinski definition) is 5. The number of primary amides is 1. The van der Waals surface area contributed by atoms with Crippen LogP contribution in [0.1, 0.15) is 63.1 Å². The molecule has 1 amide bonds. The van der Waals surface area contributed by atoms with E-state index in [1.807, 2.05) is 42.5 Å². The van der Waals surface area contributed by atoms with E-state index in [4.69, 9.17) is 19.9 Å². The maximum Gasteiger partial charge on any atom is 0.306 e. The minimum Gasteiger partial charge on any atom is -0.497 e. The van der Waals surface area contributed by atoms with Gasteiger partial charge in [0.05, 0.1) is 20.1 Å². The number of carbonyl (C=O) groups excluding carboxylic acids is 2. The van der Waals surface area contributed by atoms with Gasteiger partial charge in [0, 0.05) is 17.9 Å². The van der Waals surface area contributed by atoms with Gasteiger partial charge in [0.1, 0.15) is 23.9 Å². The third-order valence-electron chi connectivity index (χ3n) is 6.26. The highest BCUT2D eigenvalue weighted by Crippen LogP contribution is 2.35. The van der Waals surface area contributed by atoms with E-state index in [0.717, 1.165) is 22.3 Å². The smallest absolute Gasteiger partial charge is 0.306 e. The molecule has 0 heterocycles. The zero-order valence-corrected chi connectivity index (χ0v) is 23.4. The second-order valence-electron chi connectivity index (χ2n) is 10.8. The number of rotatable bonds is 12. The molecule has 0 saturated heterocycles. The van der Waals surface area contributed by atoms with Crippen molar-refractivity contribution in [2.45, 2.75) is 59.5 Å². The van der Waals surface area contributed by atoms with Gasteiger partial charge in [-0.15, -0.1) is 0 Å². The van der Waals surface area contributed by atoms with Gasteiger partial charge in [0.15, 0.2) is 0 Å². The summed E-state index contributed by atoms with van der Waals surface area (Å²) in [6.07, 6.45) is 0.829. The summed E-state index contributed by atoms with van der Waals surface area (Å²) in [7, 11) is 1.56. The highest BCUT2D eigenvalue weighted by atomic mass is 19.1. The van der Waals surface area contributed by atoms with Crippen LogP contribution in [0.4, 0.5) is 4.39 Å². The van der Waals surface area contributed by atoms with Crippen molar-refractivity contribution in [1.29, 1.82) is 0 Å². The molecule has 0 fully saturated rings. The Morgan fingerprint density at radius 2 is 1.69 bits per heavy atom. The zero-order valence-electron chi connectivity index (χ0n) is 23.4. The summed E-state index contributed by atoms with van der Waals surface area (Å²) in [6, 6.07) is 18.0. The maximum absolute atomic E-state index is 14.8. The highest BCUT2D eigenvalue weighted by molar-refractivity contribution is 5.77. The second kappa shape index (κ2) is 13.3. The SMILES string of the molecule is CCOC(=O)CC(CC(N)=O)c1cccc(COc2ccc(-c3cc(OC)ccc3F)c(CC(C)(C)C)c2)c1. The fourth-order valence-corrected chi connectivity index (χ4v) is 4.55. The van der Waals surface area contributed by atoms with Crippen LogP contribution in [0, 0.1) is 11.2 Å². The van der Waals surface area contributed by atoms with E-state index in [-0.39, 0.29) is 49.2 Å². The Morgan fingerprint density at radius 1 is 0.949 bits per heavy atom. The molecule has 6 nitrogen and oxygen atoms in total. The first-order valence-electron chi connectivity index (χ1n) is 13.1. The number of halogens is 1. The van der Waals surface area contributed by atoms with E-state index in [2.05, 4.69) is 20.8 Å². The first kappa shape index (κ1) is 29.7. The molecular weight excluding hydrogens is 497 g/mol. The van der Waals surface area contributed by atoms with Crippen LogP contribution in [0.25, 0.3) is 11.1 Å². The monoisotopic (exact) mass is 535 g/mol. The van der Waals surface area contributed by atoms with Gasteiger partial charge in [-0.1, -0.05) is 51.1 Å². The average Bonchev–Trinajstić information content (AvgIpc) is 2.87. The Hall–Kier alpha value is -3.87. The third-order valence-corrected chi connectivity index (χ3v) is 6.26. The van der Waals surface area contributed by atoms with Crippen LogP contribution < -0.4 is 15.2 Å². The normalized spacial score (nSPS) is 12.1.